The summed E-state index contributed by atoms with van der Waals surface area (Å²) in [6.07, 6.45) is 3.37. The van der Waals surface area contributed by atoms with E-state index in [4.69, 9.17) is 16.0 Å². The lowest BCUT2D eigenvalue weighted by atomic mass is 10.1. The monoisotopic (exact) mass is 293 g/mol. The molecule has 1 amide bonds. The van der Waals surface area contributed by atoms with Crippen LogP contribution in [0.2, 0.25) is 5.22 Å². The van der Waals surface area contributed by atoms with Crippen molar-refractivity contribution < 1.29 is 9.21 Å². The molecule has 0 radical (unpaired) electrons. The first-order chi connectivity index (χ1) is 9.58. The summed E-state index contributed by atoms with van der Waals surface area (Å²) in [5.41, 5.74) is 0.840. The van der Waals surface area contributed by atoms with Crippen molar-refractivity contribution >= 4 is 17.5 Å². The van der Waals surface area contributed by atoms with Gasteiger partial charge in [-0.1, -0.05) is 6.07 Å². The van der Waals surface area contributed by atoms with Crippen LogP contribution in [0, 0.1) is 0 Å². The second kappa shape index (κ2) is 6.54. The molecule has 1 N–H and O–H groups in total. The van der Waals surface area contributed by atoms with Crippen LogP contribution >= 0.6 is 11.6 Å². The van der Waals surface area contributed by atoms with Crippen molar-refractivity contribution in [1.82, 2.24) is 15.2 Å². The topological polar surface area (TPSA) is 58.4 Å². The van der Waals surface area contributed by atoms with Gasteiger partial charge in [-0.15, -0.1) is 0 Å². The van der Waals surface area contributed by atoms with E-state index in [0.29, 0.717) is 17.5 Å². The molecule has 0 saturated heterocycles. The molecule has 2 aromatic rings. The van der Waals surface area contributed by atoms with Gasteiger partial charge in [0.2, 0.25) is 5.91 Å². The van der Waals surface area contributed by atoms with Crippen LogP contribution in [-0.2, 0) is 11.3 Å². The fourth-order valence-electron chi connectivity index (χ4n) is 1.94. The Morgan fingerprint density at radius 2 is 2.25 bits per heavy atom. The first kappa shape index (κ1) is 14.6. The van der Waals surface area contributed by atoms with E-state index in [9.17, 15) is 4.79 Å². The number of hydrogen-bond donors (Lipinski definition) is 1. The van der Waals surface area contributed by atoms with Gasteiger partial charge in [-0.3, -0.25) is 14.7 Å². The summed E-state index contributed by atoms with van der Waals surface area (Å²) in [5.74, 6) is 0.502. The van der Waals surface area contributed by atoms with Crippen LogP contribution < -0.4 is 5.32 Å². The Hall–Kier alpha value is -1.85. The Balaban J connectivity index is 2.04. The highest BCUT2D eigenvalue weighted by atomic mass is 35.5. The van der Waals surface area contributed by atoms with Gasteiger partial charge in [0.05, 0.1) is 6.54 Å². The molecule has 0 fully saturated rings. The van der Waals surface area contributed by atoms with Gasteiger partial charge in [-0.05, 0) is 49.5 Å². The summed E-state index contributed by atoms with van der Waals surface area (Å²) in [4.78, 5) is 18.2. The second-order valence-electron chi connectivity index (χ2n) is 4.58. The van der Waals surface area contributed by atoms with Crippen LogP contribution in [0.4, 0.5) is 0 Å². The summed E-state index contributed by atoms with van der Waals surface area (Å²) in [5, 5.41) is 3.14. The number of pyridine rings is 1. The zero-order valence-electron chi connectivity index (χ0n) is 11.3. The Morgan fingerprint density at radius 1 is 1.45 bits per heavy atom. The van der Waals surface area contributed by atoms with Crippen LogP contribution in [0.15, 0.2) is 41.1 Å². The second-order valence-corrected chi connectivity index (χ2v) is 4.95. The summed E-state index contributed by atoms with van der Waals surface area (Å²) >= 11 is 5.69. The molecule has 2 heterocycles. The average molecular weight is 294 g/mol. The zero-order chi connectivity index (χ0) is 14.5. The minimum absolute atomic E-state index is 0.115. The lowest BCUT2D eigenvalue weighted by Crippen LogP contribution is -2.36. The molecule has 0 aliphatic heterocycles. The zero-order valence-corrected chi connectivity index (χ0v) is 12.1. The lowest BCUT2D eigenvalue weighted by molar-refractivity contribution is -0.126. The number of rotatable bonds is 5. The Labute approximate surface area is 122 Å². The number of likely N-dealkylation sites (N-methyl/N-ethyl adjacent to an activating group) is 1. The smallest absolute Gasteiger partial charge is 0.242 e. The van der Waals surface area contributed by atoms with Gasteiger partial charge in [-0.2, -0.15) is 0 Å². The third-order valence-electron chi connectivity index (χ3n) is 2.83. The summed E-state index contributed by atoms with van der Waals surface area (Å²) in [6.45, 7) is 0.302. The molecule has 0 aromatic carbocycles. The highest BCUT2D eigenvalue weighted by Crippen LogP contribution is 2.18. The largest absolute Gasteiger partial charge is 0.448 e. The van der Waals surface area contributed by atoms with E-state index in [1.807, 2.05) is 31.1 Å². The van der Waals surface area contributed by atoms with E-state index < -0.39 is 6.04 Å². The maximum absolute atomic E-state index is 12.3. The van der Waals surface area contributed by atoms with E-state index in [0.717, 1.165) is 5.56 Å². The third-order valence-corrected chi connectivity index (χ3v) is 3.03. The number of carbonyl (C=O) groups is 1. The third kappa shape index (κ3) is 3.59. The van der Waals surface area contributed by atoms with Gasteiger partial charge < -0.3 is 9.73 Å². The summed E-state index contributed by atoms with van der Waals surface area (Å²) < 4.78 is 5.20. The predicted octanol–water partition coefficient (Wildman–Crippen LogP) is 2.25. The minimum Gasteiger partial charge on any atom is -0.448 e. The number of amides is 1. The molecule has 1 unspecified atom stereocenters. The van der Waals surface area contributed by atoms with Crippen molar-refractivity contribution in [2.75, 3.05) is 14.1 Å². The van der Waals surface area contributed by atoms with Crippen molar-refractivity contribution in [2.24, 2.45) is 0 Å². The Morgan fingerprint density at radius 3 is 2.80 bits per heavy atom. The highest BCUT2D eigenvalue weighted by molar-refractivity contribution is 6.28. The van der Waals surface area contributed by atoms with E-state index >= 15 is 0 Å². The molecule has 0 bridgehead atoms. The van der Waals surface area contributed by atoms with Crippen LogP contribution in [-0.4, -0.2) is 29.9 Å². The van der Waals surface area contributed by atoms with Crippen LogP contribution in [0.3, 0.4) is 0 Å². The van der Waals surface area contributed by atoms with E-state index in [1.54, 1.807) is 24.5 Å². The summed E-state index contributed by atoms with van der Waals surface area (Å²) in [7, 11) is 3.70. The van der Waals surface area contributed by atoms with Crippen LogP contribution in [0.25, 0.3) is 0 Å². The molecule has 0 aliphatic rings. The van der Waals surface area contributed by atoms with Crippen LogP contribution in [0.1, 0.15) is 17.4 Å². The molecule has 0 spiro atoms. The molecular weight excluding hydrogens is 278 g/mol. The van der Waals surface area contributed by atoms with E-state index in [1.165, 1.54) is 0 Å². The number of nitrogens with zero attached hydrogens (tertiary/aromatic N) is 2. The molecule has 0 aliphatic carbocycles. The van der Waals surface area contributed by atoms with Gasteiger partial charge in [-0.25, -0.2) is 0 Å². The number of halogens is 1. The molecule has 106 valence electrons. The predicted molar refractivity (Wildman–Crippen MR) is 76.2 cm³/mol. The summed E-state index contributed by atoms with van der Waals surface area (Å²) in [6, 6.07) is 6.67. The molecule has 0 saturated carbocycles. The molecule has 2 rings (SSSR count). The first-order valence-corrected chi connectivity index (χ1v) is 6.54. The van der Waals surface area contributed by atoms with Gasteiger partial charge in [0.1, 0.15) is 11.8 Å². The fourth-order valence-corrected chi connectivity index (χ4v) is 2.10. The van der Waals surface area contributed by atoms with Crippen molar-refractivity contribution in [1.29, 1.82) is 0 Å². The van der Waals surface area contributed by atoms with Crippen LogP contribution in [0.5, 0.6) is 0 Å². The van der Waals surface area contributed by atoms with E-state index in [2.05, 4.69) is 10.3 Å². The molecule has 2 aromatic heterocycles. The van der Waals surface area contributed by atoms with Gasteiger partial charge >= 0.3 is 0 Å². The quantitative estimate of drug-likeness (QED) is 0.918. The molecule has 6 heteroatoms. The number of carbonyl (C=O) groups excluding carboxylic acids is 1. The van der Waals surface area contributed by atoms with Gasteiger partial charge in [0.15, 0.2) is 5.22 Å². The van der Waals surface area contributed by atoms with Crippen molar-refractivity contribution in [3.05, 3.63) is 53.2 Å². The first-order valence-electron chi connectivity index (χ1n) is 6.16. The van der Waals surface area contributed by atoms with E-state index in [-0.39, 0.29) is 5.91 Å². The van der Waals surface area contributed by atoms with Gasteiger partial charge in [0.25, 0.3) is 0 Å². The molecular formula is C14H16ClN3O2. The standard InChI is InChI=1S/C14H16ClN3O2/c1-18(2)13(10-4-3-7-16-8-10)14(19)17-9-11-5-6-12(15)20-11/h3-8,13H,9H2,1-2H3,(H,17,19). The van der Waals surface area contributed by atoms with Crippen molar-refractivity contribution in [2.45, 2.75) is 12.6 Å². The normalized spacial score (nSPS) is 12.4. The molecule has 5 nitrogen and oxygen atoms in total. The molecule has 20 heavy (non-hydrogen) atoms. The molecule has 1 atom stereocenters. The number of hydrogen-bond acceptors (Lipinski definition) is 4. The maximum atomic E-state index is 12.3. The maximum Gasteiger partial charge on any atom is 0.242 e. The highest BCUT2D eigenvalue weighted by Gasteiger charge is 2.22. The Kier molecular flexibility index (Phi) is 4.76. The Bertz CT molecular complexity index is 569. The SMILES string of the molecule is CN(C)C(C(=O)NCc1ccc(Cl)o1)c1cccnc1. The lowest BCUT2D eigenvalue weighted by Gasteiger charge is -2.23. The number of furan rings is 1. The average Bonchev–Trinajstić information content (AvgIpc) is 2.83. The van der Waals surface area contributed by atoms with Crippen molar-refractivity contribution in [3.8, 4) is 0 Å². The van der Waals surface area contributed by atoms with Gasteiger partial charge in [0, 0.05) is 12.4 Å². The fraction of sp³-hybridized carbons (Fsp3) is 0.286. The van der Waals surface area contributed by atoms with Crippen molar-refractivity contribution in [3.63, 3.8) is 0 Å². The minimum atomic E-state index is -0.394. The number of nitrogens with one attached hydrogen (secondary N) is 1. The number of aromatic nitrogens is 1.